The highest BCUT2D eigenvalue weighted by Gasteiger charge is 2.41. The molecular weight excluding hydrogens is 264 g/mol. The predicted molar refractivity (Wildman–Crippen MR) is 66.2 cm³/mol. The number of ketones is 1. The minimum absolute atomic E-state index is 0.143. The van der Waals surface area contributed by atoms with Gasteiger partial charge in [-0.3, -0.25) is 9.48 Å². The maximum atomic E-state index is 12.3. The zero-order valence-corrected chi connectivity index (χ0v) is 11.8. The number of nitrogens with zero attached hydrogens (tertiary/aromatic N) is 2. The third kappa shape index (κ3) is 2.37. The molecule has 0 N–H and O–H groups in total. The van der Waals surface area contributed by atoms with E-state index in [0.717, 1.165) is 6.26 Å². The molecule has 96 valence electrons. The van der Waals surface area contributed by atoms with Gasteiger partial charge in [-0.2, -0.15) is 5.10 Å². The number of aryl methyl sites for hydroxylation is 1. The van der Waals surface area contributed by atoms with E-state index in [1.54, 1.807) is 6.92 Å². The minimum atomic E-state index is -3.52. The van der Waals surface area contributed by atoms with Crippen LogP contribution >= 0.6 is 11.6 Å². The molecule has 17 heavy (non-hydrogen) atoms. The molecule has 7 heteroatoms. The molecule has 0 radical (unpaired) electrons. The smallest absolute Gasteiger partial charge is 0.202 e. The molecule has 0 aliphatic rings. The lowest BCUT2D eigenvalue weighted by atomic mass is 10.1. The monoisotopic (exact) mass is 278 g/mol. The van der Waals surface area contributed by atoms with Crippen LogP contribution in [0.15, 0.2) is 6.20 Å². The molecular formula is C10H15ClN2O3S. The number of sulfone groups is 1. The van der Waals surface area contributed by atoms with Crippen molar-refractivity contribution < 1.29 is 13.2 Å². The Morgan fingerprint density at radius 3 is 2.47 bits per heavy atom. The van der Waals surface area contributed by atoms with E-state index in [1.165, 1.54) is 24.7 Å². The van der Waals surface area contributed by atoms with Crippen LogP contribution in [0.4, 0.5) is 0 Å². The second kappa shape index (κ2) is 4.42. The third-order valence-electron chi connectivity index (χ3n) is 2.78. The Hall–Kier alpha value is -0.880. The highest BCUT2D eigenvalue weighted by molar-refractivity contribution is 7.92. The number of carbonyl (C=O) groups is 1. The van der Waals surface area contributed by atoms with Crippen LogP contribution in [0.5, 0.6) is 0 Å². The second-order valence-corrected chi connectivity index (χ2v) is 7.24. The third-order valence-corrected chi connectivity index (χ3v) is 5.10. The Bertz CT molecular complexity index is 546. The molecule has 0 amide bonds. The van der Waals surface area contributed by atoms with Gasteiger partial charge in [0.1, 0.15) is 10.4 Å². The first-order chi connectivity index (χ1) is 7.63. The van der Waals surface area contributed by atoms with E-state index in [0.29, 0.717) is 6.54 Å². The van der Waals surface area contributed by atoms with Crippen molar-refractivity contribution in [3.8, 4) is 0 Å². The average molecular weight is 279 g/mol. The zero-order chi connectivity index (χ0) is 13.4. The Morgan fingerprint density at radius 1 is 1.53 bits per heavy atom. The first kappa shape index (κ1) is 14.2. The molecule has 0 aromatic carbocycles. The summed E-state index contributed by atoms with van der Waals surface area (Å²) in [6.07, 6.45) is 2.38. The first-order valence-corrected chi connectivity index (χ1v) is 7.35. The Balaban J connectivity index is 3.36. The summed E-state index contributed by atoms with van der Waals surface area (Å²) in [6.45, 7) is 4.99. The fraction of sp³-hybridized carbons (Fsp3) is 0.600. The molecule has 0 fully saturated rings. The number of halogens is 1. The van der Waals surface area contributed by atoms with Crippen molar-refractivity contribution in [2.75, 3.05) is 6.26 Å². The summed E-state index contributed by atoms with van der Waals surface area (Å²) in [6, 6.07) is 0. The van der Waals surface area contributed by atoms with E-state index >= 15 is 0 Å². The topological polar surface area (TPSA) is 69.0 Å². The van der Waals surface area contributed by atoms with Crippen LogP contribution in [-0.4, -0.2) is 35.0 Å². The molecule has 0 unspecified atom stereocenters. The van der Waals surface area contributed by atoms with Crippen molar-refractivity contribution in [3.63, 3.8) is 0 Å². The summed E-state index contributed by atoms with van der Waals surface area (Å²) in [7, 11) is -3.52. The standard InChI is InChI=1S/C10H15ClN2O3S/c1-5-13-8(7(11)6-12-13)9(14)10(2,3)17(4,15)16/h6H,5H2,1-4H3. The van der Waals surface area contributed by atoms with Gasteiger partial charge in [0, 0.05) is 12.8 Å². The van der Waals surface area contributed by atoms with Crippen molar-refractivity contribution >= 4 is 27.2 Å². The van der Waals surface area contributed by atoms with E-state index in [2.05, 4.69) is 5.10 Å². The van der Waals surface area contributed by atoms with Crippen LogP contribution in [0.2, 0.25) is 5.02 Å². The van der Waals surface area contributed by atoms with Crippen LogP contribution in [0.3, 0.4) is 0 Å². The summed E-state index contributed by atoms with van der Waals surface area (Å²) in [5.74, 6) is -0.538. The molecule has 5 nitrogen and oxygen atoms in total. The summed E-state index contributed by atoms with van der Waals surface area (Å²) < 4.78 is 23.1. The van der Waals surface area contributed by atoms with E-state index in [-0.39, 0.29) is 10.7 Å². The maximum Gasteiger partial charge on any atom is 0.202 e. The van der Waals surface area contributed by atoms with Gasteiger partial charge in [-0.1, -0.05) is 11.6 Å². The van der Waals surface area contributed by atoms with E-state index in [9.17, 15) is 13.2 Å². The molecule has 0 aliphatic carbocycles. The molecule has 0 spiro atoms. The fourth-order valence-corrected chi connectivity index (χ4v) is 1.94. The molecule has 0 saturated heterocycles. The number of rotatable bonds is 4. The molecule has 1 rings (SSSR count). The molecule has 0 bridgehead atoms. The molecule has 1 aromatic heterocycles. The Morgan fingerprint density at radius 2 is 2.06 bits per heavy atom. The van der Waals surface area contributed by atoms with E-state index < -0.39 is 20.4 Å². The van der Waals surface area contributed by atoms with Gasteiger partial charge < -0.3 is 0 Å². The number of hydrogen-bond acceptors (Lipinski definition) is 4. The van der Waals surface area contributed by atoms with Gasteiger partial charge >= 0.3 is 0 Å². The van der Waals surface area contributed by atoms with Crippen molar-refractivity contribution in [3.05, 3.63) is 16.9 Å². The van der Waals surface area contributed by atoms with Gasteiger partial charge in [0.15, 0.2) is 9.84 Å². The van der Waals surface area contributed by atoms with Gasteiger partial charge in [0.2, 0.25) is 5.78 Å². The summed E-state index contributed by atoms with van der Waals surface area (Å²) in [5, 5.41) is 4.09. The van der Waals surface area contributed by atoms with Gasteiger partial charge in [0.25, 0.3) is 0 Å². The average Bonchev–Trinajstić information content (AvgIpc) is 2.56. The lowest BCUT2D eigenvalue weighted by Gasteiger charge is -2.21. The van der Waals surface area contributed by atoms with Crippen LogP contribution < -0.4 is 0 Å². The molecule has 1 aromatic rings. The van der Waals surface area contributed by atoms with Gasteiger partial charge in [0.05, 0.1) is 11.2 Å². The largest absolute Gasteiger partial charge is 0.291 e. The van der Waals surface area contributed by atoms with Crippen molar-refractivity contribution in [1.29, 1.82) is 0 Å². The van der Waals surface area contributed by atoms with Crippen LogP contribution in [0, 0.1) is 0 Å². The van der Waals surface area contributed by atoms with Crippen molar-refractivity contribution in [2.45, 2.75) is 32.1 Å². The summed E-state index contributed by atoms with van der Waals surface area (Å²) in [5.41, 5.74) is 0.143. The Labute approximate surface area is 106 Å². The normalized spacial score (nSPS) is 12.8. The predicted octanol–water partition coefficient (Wildman–Crippen LogP) is 1.56. The molecule has 1 heterocycles. The van der Waals surface area contributed by atoms with E-state index in [1.807, 2.05) is 0 Å². The summed E-state index contributed by atoms with van der Waals surface area (Å²) >= 11 is 5.88. The molecule has 0 saturated carbocycles. The van der Waals surface area contributed by atoms with Gasteiger partial charge in [-0.25, -0.2) is 8.42 Å². The summed E-state index contributed by atoms with van der Waals surface area (Å²) in [4.78, 5) is 12.3. The van der Waals surface area contributed by atoms with Crippen molar-refractivity contribution in [2.24, 2.45) is 0 Å². The SMILES string of the molecule is CCn1ncc(Cl)c1C(=O)C(C)(C)S(C)(=O)=O. The number of carbonyl (C=O) groups excluding carboxylic acids is 1. The Kier molecular flexibility index (Phi) is 3.69. The van der Waals surface area contributed by atoms with Gasteiger partial charge in [-0.05, 0) is 20.8 Å². The van der Waals surface area contributed by atoms with Crippen molar-refractivity contribution in [1.82, 2.24) is 9.78 Å². The minimum Gasteiger partial charge on any atom is -0.291 e. The van der Waals surface area contributed by atoms with Crippen LogP contribution in [0.25, 0.3) is 0 Å². The quantitative estimate of drug-likeness (QED) is 0.784. The van der Waals surface area contributed by atoms with Gasteiger partial charge in [-0.15, -0.1) is 0 Å². The second-order valence-electron chi connectivity index (χ2n) is 4.27. The number of hydrogen-bond donors (Lipinski definition) is 0. The fourth-order valence-electron chi connectivity index (χ4n) is 1.28. The molecule has 0 atom stereocenters. The van der Waals surface area contributed by atoms with Crippen LogP contribution in [0.1, 0.15) is 31.3 Å². The van der Waals surface area contributed by atoms with E-state index in [4.69, 9.17) is 11.6 Å². The lowest BCUT2D eigenvalue weighted by Crippen LogP contribution is -2.41. The number of Topliss-reactive ketones (excluding diaryl/α,β-unsaturated/α-hetero) is 1. The zero-order valence-electron chi connectivity index (χ0n) is 10.2. The maximum absolute atomic E-state index is 12.3. The highest BCUT2D eigenvalue weighted by atomic mass is 35.5. The number of aromatic nitrogens is 2. The van der Waals surface area contributed by atoms with Crippen LogP contribution in [-0.2, 0) is 16.4 Å². The lowest BCUT2D eigenvalue weighted by molar-refractivity contribution is 0.0943. The molecule has 0 aliphatic heterocycles. The highest BCUT2D eigenvalue weighted by Crippen LogP contribution is 2.25. The first-order valence-electron chi connectivity index (χ1n) is 5.08.